The number of aromatic hydroxyl groups is 1. The van der Waals surface area contributed by atoms with Crippen LogP contribution in [-0.4, -0.2) is 36.3 Å². The first-order valence-electron chi connectivity index (χ1n) is 7.28. The van der Waals surface area contributed by atoms with Crippen molar-refractivity contribution < 1.29 is 14.2 Å². The Labute approximate surface area is 121 Å². The third-order valence-corrected chi connectivity index (χ3v) is 3.90. The van der Waals surface area contributed by atoms with Gasteiger partial charge in [-0.3, -0.25) is 4.90 Å². The summed E-state index contributed by atoms with van der Waals surface area (Å²) in [7, 11) is 1.68. The molecule has 0 bridgehead atoms. The van der Waals surface area contributed by atoms with Crippen LogP contribution in [0.25, 0.3) is 0 Å². The standard InChI is InChI=1S/C16H26FNO2/c1-5-13(6-2)18(9-10-20-4)12(3)15-8-7-14(19)11-16(15)17/h7-8,11-13,19H,5-6,9-10H2,1-4H3. The van der Waals surface area contributed by atoms with Crippen LogP contribution in [0.1, 0.15) is 45.2 Å². The lowest BCUT2D eigenvalue weighted by Gasteiger charge is -2.36. The van der Waals surface area contributed by atoms with Crippen molar-refractivity contribution in [3.63, 3.8) is 0 Å². The summed E-state index contributed by atoms with van der Waals surface area (Å²) in [5.74, 6) is -0.393. The van der Waals surface area contributed by atoms with Gasteiger partial charge in [0.2, 0.25) is 0 Å². The number of ether oxygens (including phenoxy) is 1. The second-order valence-corrected chi connectivity index (χ2v) is 5.08. The van der Waals surface area contributed by atoms with Crippen LogP contribution in [0, 0.1) is 5.82 Å². The Morgan fingerprint density at radius 2 is 1.95 bits per heavy atom. The lowest BCUT2D eigenvalue weighted by molar-refractivity contribution is 0.0841. The van der Waals surface area contributed by atoms with Crippen LogP contribution in [0.5, 0.6) is 5.75 Å². The van der Waals surface area contributed by atoms with Crippen LogP contribution in [0.3, 0.4) is 0 Å². The van der Waals surface area contributed by atoms with E-state index in [1.807, 2.05) is 6.92 Å². The van der Waals surface area contributed by atoms with E-state index in [0.29, 0.717) is 18.2 Å². The Morgan fingerprint density at radius 1 is 1.30 bits per heavy atom. The van der Waals surface area contributed by atoms with Crippen LogP contribution in [0.15, 0.2) is 18.2 Å². The molecular weight excluding hydrogens is 257 g/mol. The molecule has 20 heavy (non-hydrogen) atoms. The zero-order valence-electron chi connectivity index (χ0n) is 12.9. The van der Waals surface area contributed by atoms with Gasteiger partial charge in [-0.05, 0) is 25.8 Å². The Morgan fingerprint density at radius 3 is 2.45 bits per heavy atom. The van der Waals surface area contributed by atoms with Gasteiger partial charge in [0.25, 0.3) is 0 Å². The molecule has 1 rings (SSSR count). The van der Waals surface area contributed by atoms with Crippen LogP contribution in [0.2, 0.25) is 0 Å². The highest BCUT2D eigenvalue weighted by molar-refractivity contribution is 5.29. The minimum absolute atomic E-state index is 0.0376. The SMILES string of the molecule is CCC(CC)N(CCOC)C(C)c1ccc(O)cc1F. The van der Waals surface area contributed by atoms with E-state index in [1.165, 1.54) is 12.1 Å². The van der Waals surface area contributed by atoms with Gasteiger partial charge in [-0.25, -0.2) is 4.39 Å². The summed E-state index contributed by atoms with van der Waals surface area (Å²) < 4.78 is 19.2. The third kappa shape index (κ3) is 4.18. The van der Waals surface area contributed by atoms with Gasteiger partial charge in [-0.1, -0.05) is 19.9 Å². The van der Waals surface area contributed by atoms with Crippen molar-refractivity contribution in [2.45, 2.75) is 45.7 Å². The number of methoxy groups -OCH3 is 1. The van der Waals surface area contributed by atoms with Crippen molar-refractivity contribution in [2.24, 2.45) is 0 Å². The molecule has 1 aromatic carbocycles. The number of benzene rings is 1. The molecule has 0 aliphatic carbocycles. The van der Waals surface area contributed by atoms with E-state index in [9.17, 15) is 9.50 Å². The number of hydrogen-bond donors (Lipinski definition) is 1. The van der Waals surface area contributed by atoms with E-state index >= 15 is 0 Å². The molecule has 1 atom stereocenters. The van der Waals surface area contributed by atoms with Crippen molar-refractivity contribution in [2.75, 3.05) is 20.3 Å². The Balaban J connectivity index is 2.98. The van der Waals surface area contributed by atoms with E-state index < -0.39 is 0 Å². The predicted molar refractivity (Wildman–Crippen MR) is 79.4 cm³/mol. The van der Waals surface area contributed by atoms with Gasteiger partial charge in [-0.2, -0.15) is 0 Å². The normalized spacial score (nSPS) is 13.2. The lowest BCUT2D eigenvalue weighted by atomic mass is 10.0. The Bertz CT molecular complexity index is 407. The van der Waals surface area contributed by atoms with E-state index in [-0.39, 0.29) is 17.6 Å². The molecule has 0 amide bonds. The highest BCUT2D eigenvalue weighted by Crippen LogP contribution is 2.28. The molecule has 0 aromatic heterocycles. The highest BCUT2D eigenvalue weighted by Gasteiger charge is 2.24. The molecule has 0 fully saturated rings. The molecule has 0 saturated heterocycles. The van der Waals surface area contributed by atoms with Gasteiger partial charge in [0.15, 0.2) is 0 Å². The number of phenolic OH excluding ortho intramolecular Hbond substituents is 1. The Kier molecular flexibility index (Phi) is 6.96. The molecule has 3 nitrogen and oxygen atoms in total. The van der Waals surface area contributed by atoms with Gasteiger partial charge in [0.05, 0.1) is 6.61 Å². The predicted octanol–water partition coefficient (Wildman–Crippen LogP) is 3.73. The fourth-order valence-electron chi connectivity index (χ4n) is 2.68. The number of halogens is 1. The molecule has 1 N–H and O–H groups in total. The van der Waals surface area contributed by atoms with Gasteiger partial charge in [0.1, 0.15) is 11.6 Å². The molecule has 0 radical (unpaired) electrons. The van der Waals surface area contributed by atoms with E-state index in [4.69, 9.17) is 4.74 Å². The zero-order chi connectivity index (χ0) is 15.1. The first-order valence-corrected chi connectivity index (χ1v) is 7.28. The van der Waals surface area contributed by atoms with Gasteiger partial charge in [0, 0.05) is 37.4 Å². The molecule has 0 spiro atoms. The lowest BCUT2D eigenvalue weighted by Crippen LogP contribution is -2.39. The maximum atomic E-state index is 14.0. The van der Waals surface area contributed by atoms with Crippen molar-refractivity contribution >= 4 is 0 Å². The average Bonchev–Trinajstić information content (AvgIpc) is 2.43. The molecular formula is C16H26FNO2. The first-order chi connectivity index (χ1) is 9.54. The van der Waals surface area contributed by atoms with Gasteiger partial charge >= 0.3 is 0 Å². The van der Waals surface area contributed by atoms with E-state index in [0.717, 1.165) is 19.4 Å². The Hall–Kier alpha value is -1.13. The summed E-state index contributed by atoms with van der Waals surface area (Å²) in [6.45, 7) is 7.69. The average molecular weight is 283 g/mol. The summed E-state index contributed by atoms with van der Waals surface area (Å²) in [5, 5.41) is 9.33. The van der Waals surface area contributed by atoms with Crippen molar-refractivity contribution in [3.05, 3.63) is 29.6 Å². The van der Waals surface area contributed by atoms with Crippen molar-refractivity contribution in [1.29, 1.82) is 0 Å². The molecule has 114 valence electrons. The van der Waals surface area contributed by atoms with Crippen LogP contribution >= 0.6 is 0 Å². The van der Waals surface area contributed by atoms with E-state index in [2.05, 4.69) is 18.7 Å². The molecule has 0 saturated carbocycles. The van der Waals surface area contributed by atoms with Gasteiger partial charge < -0.3 is 9.84 Å². The summed E-state index contributed by atoms with van der Waals surface area (Å²) in [6.07, 6.45) is 2.04. The minimum Gasteiger partial charge on any atom is -0.508 e. The monoisotopic (exact) mass is 283 g/mol. The fraction of sp³-hybridized carbons (Fsp3) is 0.625. The minimum atomic E-state index is -0.356. The highest BCUT2D eigenvalue weighted by atomic mass is 19.1. The maximum Gasteiger partial charge on any atom is 0.131 e. The van der Waals surface area contributed by atoms with E-state index in [1.54, 1.807) is 13.2 Å². The largest absolute Gasteiger partial charge is 0.508 e. The van der Waals surface area contributed by atoms with Crippen molar-refractivity contribution in [3.8, 4) is 5.75 Å². The zero-order valence-corrected chi connectivity index (χ0v) is 12.9. The maximum absolute atomic E-state index is 14.0. The number of nitrogens with zero attached hydrogens (tertiary/aromatic N) is 1. The molecule has 0 heterocycles. The number of rotatable bonds is 8. The smallest absolute Gasteiger partial charge is 0.131 e. The topological polar surface area (TPSA) is 32.7 Å². The fourth-order valence-corrected chi connectivity index (χ4v) is 2.68. The first kappa shape index (κ1) is 16.9. The molecule has 1 aromatic rings. The second-order valence-electron chi connectivity index (χ2n) is 5.08. The van der Waals surface area contributed by atoms with Crippen LogP contribution < -0.4 is 0 Å². The third-order valence-electron chi connectivity index (χ3n) is 3.90. The summed E-state index contributed by atoms with van der Waals surface area (Å²) in [4.78, 5) is 2.28. The summed E-state index contributed by atoms with van der Waals surface area (Å²) >= 11 is 0. The van der Waals surface area contributed by atoms with Crippen LogP contribution in [0.4, 0.5) is 4.39 Å². The second kappa shape index (κ2) is 8.22. The molecule has 0 aliphatic heterocycles. The van der Waals surface area contributed by atoms with Gasteiger partial charge in [-0.15, -0.1) is 0 Å². The van der Waals surface area contributed by atoms with Crippen LogP contribution in [-0.2, 0) is 4.74 Å². The number of phenols is 1. The molecule has 1 unspecified atom stereocenters. The summed E-state index contributed by atoms with van der Waals surface area (Å²) in [6, 6.07) is 4.73. The van der Waals surface area contributed by atoms with Crippen molar-refractivity contribution in [1.82, 2.24) is 4.90 Å². The molecule has 4 heteroatoms. The number of hydrogen-bond acceptors (Lipinski definition) is 3. The quantitative estimate of drug-likeness (QED) is 0.789. The molecule has 0 aliphatic rings. The summed E-state index contributed by atoms with van der Waals surface area (Å²) in [5.41, 5.74) is 0.616.